The zero-order valence-corrected chi connectivity index (χ0v) is 6.56. The summed E-state index contributed by atoms with van der Waals surface area (Å²) >= 11 is 0. The molecule has 0 amide bonds. The molecule has 0 aliphatic heterocycles. The van der Waals surface area contributed by atoms with Crippen LogP contribution in [0.4, 0.5) is 8.78 Å². The Morgan fingerprint density at radius 3 is 2.67 bits per heavy atom. The van der Waals surface area contributed by atoms with Gasteiger partial charge in [-0.3, -0.25) is 0 Å². The van der Waals surface area contributed by atoms with E-state index in [-0.39, 0.29) is 17.5 Å². The number of nitrogens with zero attached hydrogens (tertiary/aromatic N) is 1. The fourth-order valence-electron chi connectivity index (χ4n) is 1.01. The van der Waals surface area contributed by atoms with Crippen LogP contribution in [0.25, 0.3) is 0 Å². The first-order chi connectivity index (χ1) is 5.65. The van der Waals surface area contributed by atoms with Gasteiger partial charge in [-0.2, -0.15) is 5.26 Å². The van der Waals surface area contributed by atoms with E-state index in [1.165, 1.54) is 6.92 Å². The number of rotatable bonds is 1. The summed E-state index contributed by atoms with van der Waals surface area (Å²) in [7, 11) is 0. The standard InChI is InChI=1S/C9H7F2N/c1-6-4-8(10)5-7(2-3-12)9(6)11/h4-5H,2H2,1H3. The van der Waals surface area contributed by atoms with E-state index < -0.39 is 11.6 Å². The Kier molecular flexibility index (Phi) is 2.39. The average Bonchev–Trinajstić information content (AvgIpc) is 2.00. The molecule has 1 rings (SSSR count). The molecule has 0 saturated carbocycles. The molecule has 0 saturated heterocycles. The minimum absolute atomic E-state index is 0.0928. The van der Waals surface area contributed by atoms with Gasteiger partial charge in [-0.1, -0.05) is 0 Å². The number of nitriles is 1. The van der Waals surface area contributed by atoms with Crippen molar-refractivity contribution in [2.24, 2.45) is 0 Å². The maximum absolute atomic E-state index is 13.1. The van der Waals surface area contributed by atoms with E-state index in [1.54, 1.807) is 6.07 Å². The van der Waals surface area contributed by atoms with E-state index in [9.17, 15) is 8.78 Å². The Hall–Kier alpha value is -1.43. The van der Waals surface area contributed by atoms with Crippen molar-refractivity contribution in [2.75, 3.05) is 0 Å². The van der Waals surface area contributed by atoms with Crippen LogP contribution in [-0.2, 0) is 6.42 Å². The first-order valence-corrected chi connectivity index (χ1v) is 3.46. The molecular weight excluding hydrogens is 160 g/mol. The second-order valence-electron chi connectivity index (χ2n) is 2.53. The van der Waals surface area contributed by atoms with E-state index in [1.807, 2.05) is 0 Å². The predicted molar refractivity (Wildman–Crippen MR) is 40.4 cm³/mol. The van der Waals surface area contributed by atoms with Gasteiger partial charge in [-0.05, 0) is 24.6 Å². The van der Waals surface area contributed by atoms with Gasteiger partial charge in [0.25, 0.3) is 0 Å². The van der Waals surface area contributed by atoms with Crippen LogP contribution in [0.1, 0.15) is 11.1 Å². The summed E-state index contributed by atoms with van der Waals surface area (Å²) in [5.41, 5.74) is 0.357. The molecule has 0 N–H and O–H groups in total. The lowest BCUT2D eigenvalue weighted by molar-refractivity contribution is 0.581. The molecule has 0 aromatic heterocycles. The van der Waals surface area contributed by atoms with Crippen LogP contribution >= 0.6 is 0 Å². The molecule has 0 radical (unpaired) electrons. The maximum Gasteiger partial charge on any atom is 0.130 e. The molecule has 1 aromatic carbocycles. The van der Waals surface area contributed by atoms with E-state index in [0.717, 1.165) is 12.1 Å². The molecule has 62 valence electrons. The minimum atomic E-state index is -0.501. The number of aryl methyl sites for hydroxylation is 1. The third-order valence-electron chi connectivity index (χ3n) is 1.56. The van der Waals surface area contributed by atoms with E-state index in [4.69, 9.17) is 5.26 Å². The van der Waals surface area contributed by atoms with Crippen molar-refractivity contribution in [1.29, 1.82) is 5.26 Å². The van der Waals surface area contributed by atoms with Gasteiger partial charge in [0.15, 0.2) is 0 Å². The van der Waals surface area contributed by atoms with Crippen molar-refractivity contribution >= 4 is 0 Å². The van der Waals surface area contributed by atoms with Gasteiger partial charge in [0, 0.05) is 5.56 Å². The summed E-state index contributed by atoms with van der Waals surface area (Å²) in [4.78, 5) is 0. The van der Waals surface area contributed by atoms with Crippen molar-refractivity contribution in [3.05, 3.63) is 34.9 Å². The Labute approximate surface area is 69.2 Å². The zero-order valence-electron chi connectivity index (χ0n) is 6.56. The van der Waals surface area contributed by atoms with Gasteiger partial charge in [0.05, 0.1) is 12.5 Å². The zero-order chi connectivity index (χ0) is 9.14. The molecule has 0 aliphatic rings. The fraction of sp³-hybridized carbons (Fsp3) is 0.222. The number of hydrogen-bond donors (Lipinski definition) is 0. The van der Waals surface area contributed by atoms with Crippen LogP contribution in [0.2, 0.25) is 0 Å². The summed E-state index contributed by atoms with van der Waals surface area (Å²) in [6.45, 7) is 1.47. The summed E-state index contributed by atoms with van der Waals surface area (Å²) < 4.78 is 25.7. The van der Waals surface area contributed by atoms with Crippen LogP contribution in [0.5, 0.6) is 0 Å². The molecule has 0 unspecified atom stereocenters. The molecule has 12 heavy (non-hydrogen) atoms. The Bertz CT molecular complexity index is 339. The van der Waals surface area contributed by atoms with Crippen molar-refractivity contribution < 1.29 is 8.78 Å². The van der Waals surface area contributed by atoms with Crippen molar-refractivity contribution in [1.82, 2.24) is 0 Å². The lowest BCUT2D eigenvalue weighted by Gasteiger charge is -2.01. The lowest BCUT2D eigenvalue weighted by atomic mass is 10.1. The predicted octanol–water partition coefficient (Wildman–Crippen LogP) is 2.34. The molecule has 0 heterocycles. The highest BCUT2D eigenvalue weighted by molar-refractivity contribution is 5.27. The van der Waals surface area contributed by atoms with Gasteiger partial charge < -0.3 is 0 Å². The molecule has 0 atom stereocenters. The second-order valence-corrected chi connectivity index (χ2v) is 2.53. The molecule has 0 spiro atoms. The highest BCUT2D eigenvalue weighted by Gasteiger charge is 2.06. The van der Waals surface area contributed by atoms with Crippen LogP contribution in [0.3, 0.4) is 0 Å². The molecule has 0 bridgehead atoms. The van der Waals surface area contributed by atoms with E-state index in [0.29, 0.717) is 0 Å². The summed E-state index contributed by atoms with van der Waals surface area (Å²) in [5, 5.41) is 8.29. The van der Waals surface area contributed by atoms with E-state index in [2.05, 4.69) is 0 Å². The molecular formula is C9H7F2N. The summed E-state index contributed by atoms with van der Waals surface area (Å²) in [5.74, 6) is -0.989. The highest BCUT2D eigenvalue weighted by atomic mass is 19.1. The van der Waals surface area contributed by atoms with Crippen LogP contribution in [0.15, 0.2) is 12.1 Å². The summed E-state index contributed by atoms with van der Waals surface area (Å²) in [6, 6.07) is 3.93. The lowest BCUT2D eigenvalue weighted by Crippen LogP contribution is -1.94. The van der Waals surface area contributed by atoms with Gasteiger partial charge >= 0.3 is 0 Å². The normalized spacial score (nSPS) is 9.50. The molecule has 1 aromatic rings. The molecule has 3 heteroatoms. The Balaban J connectivity index is 3.20. The minimum Gasteiger partial charge on any atom is -0.207 e. The number of hydrogen-bond acceptors (Lipinski definition) is 1. The quantitative estimate of drug-likeness (QED) is 0.629. The Morgan fingerprint density at radius 2 is 2.08 bits per heavy atom. The van der Waals surface area contributed by atoms with Crippen molar-refractivity contribution in [3.63, 3.8) is 0 Å². The van der Waals surface area contributed by atoms with Crippen molar-refractivity contribution in [2.45, 2.75) is 13.3 Å². The smallest absolute Gasteiger partial charge is 0.130 e. The summed E-state index contributed by atoms with van der Waals surface area (Å²) in [6.07, 6.45) is -0.0928. The van der Waals surface area contributed by atoms with Crippen molar-refractivity contribution in [3.8, 4) is 6.07 Å². The largest absolute Gasteiger partial charge is 0.207 e. The van der Waals surface area contributed by atoms with Gasteiger partial charge in [0.2, 0.25) is 0 Å². The maximum atomic E-state index is 13.1. The van der Waals surface area contributed by atoms with Crippen LogP contribution in [-0.4, -0.2) is 0 Å². The number of halogens is 2. The van der Waals surface area contributed by atoms with Gasteiger partial charge in [-0.15, -0.1) is 0 Å². The molecule has 1 nitrogen and oxygen atoms in total. The number of benzene rings is 1. The topological polar surface area (TPSA) is 23.8 Å². The highest BCUT2D eigenvalue weighted by Crippen LogP contribution is 2.14. The average molecular weight is 167 g/mol. The van der Waals surface area contributed by atoms with Crippen LogP contribution in [0, 0.1) is 29.9 Å². The second kappa shape index (κ2) is 3.31. The van der Waals surface area contributed by atoms with Gasteiger partial charge in [-0.25, -0.2) is 8.78 Å². The SMILES string of the molecule is Cc1cc(F)cc(CC#N)c1F. The Morgan fingerprint density at radius 1 is 1.42 bits per heavy atom. The fourth-order valence-corrected chi connectivity index (χ4v) is 1.01. The van der Waals surface area contributed by atoms with Crippen LogP contribution < -0.4 is 0 Å². The first kappa shape index (κ1) is 8.66. The third kappa shape index (κ3) is 1.59. The first-order valence-electron chi connectivity index (χ1n) is 3.46. The molecule has 0 fully saturated rings. The van der Waals surface area contributed by atoms with E-state index >= 15 is 0 Å². The molecule has 0 aliphatic carbocycles. The van der Waals surface area contributed by atoms with Gasteiger partial charge in [0.1, 0.15) is 11.6 Å². The third-order valence-corrected chi connectivity index (χ3v) is 1.56. The monoisotopic (exact) mass is 167 g/mol.